The second-order valence-electron chi connectivity index (χ2n) is 4.45. The molecule has 5 heteroatoms. The van der Waals surface area contributed by atoms with E-state index in [1.807, 2.05) is 4.90 Å². The molecule has 1 aliphatic rings. The number of carbonyl (C=O) groups excluding carboxylic acids is 2. The molecule has 1 heterocycles. The van der Waals surface area contributed by atoms with E-state index in [0.717, 1.165) is 19.6 Å². The van der Waals surface area contributed by atoms with Crippen LogP contribution in [0.4, 0.5) is 5.69 Å². The van der Waals surface area contributed by atoms with Crippen LogP contribution in [-0.4, -0.2) is 54.5 Å². The van der Waals surface area contributed by atoms with E-state index < -0.39 is 0 Å². The molecule has 1 aromatic rings. The van der Waals surface area contributed by atoms with Crippen molar-refractivity contribution < 1.29 is 9.59 Å². The van der Waals surface area contributed by atoms with Gasteiger partial charge >= 0.3 is 0 Å². The van der Waals surface area contributed by atoms with Crippen molar-refractivity contribution in [1.82, 2.24) is 9.80 Å². The van der Waals surface area contributed by atoms with Crippen molar-refractivity contribution in [2.45, 2.75) is 6.92 Å². The number of benzene rings is 1. The summed E-state index contributed by atoms with van der Waals surface area (Å²) in [6.45, 7) is 6.33. The zero-order valence-corrected chi connectivity index (χ0v) is 11.0. The summed E-state index contributed by atoms with van der Waals surface area (Å²) >= 11 is 0. The van der Waals surface area contributed by atoms with Crippen LogP contribution < -0.4 is 0 Å². The predicted molar refractivity (Wildman–Crippen MR) is 72.2 cm³/mol. The maximum atomic E-state index is 12.4. The van der Waals surface area contributed by atoms with E-state index in [-0.39, 0.29) is 5.91 Å². The summed E-state index contributed by atoms with van der Waals surface area (Å²) in [5, 5.41) is 0. The zero-order chi connectivity index (χ0) is 13.7. The van der Waals surface area contributed by atoms with Crippen LogP contribution in [0.2, 0.25) is 0 Å². The molecule has 19 heavy (non-hydrogen) atoms. The lowest BCUT2D eigenvalue weighted by Gasteiger charge is -2.34. The van der Waals surface area contributed by atoms with E-state index >= 15 is 0 Å². The Morgan fingerprint density at radius 2 is 1.95 bits per heavy atom. The highest BCUT2D eigenvalue weighted by Gasteiger charge is 2.22. The number of aliphatic imine (C=N–C) groups is 1. The van der Waals surface area contributed by atoms with Gasteiger partial charge in [-0.1, -0.05) is 19.1 Å². The number of nitrogens with zero attached hydrogens (tertiary/aromatic N) is 3. The minimum atomic E-state index is -0.0645. The lowest BCUT2D eigenvalue weighted by Crippen LogP contribution is -2.48. The van der Waals surface area contributed by atoms with Gasteiger partial charge in [-0.25, -0.2) is 4.79 Å². The van der Waals surface area contributed by atoms with Crippen molar-refractivity contribution in [2.75, 3.05) is 32.7 Å². The van der Waals surface area contributed by atoms with Gasteiger partial charge < -0.3 is 9.80 Å². The standard InChI is InChI=1S/C14H17N3O2/c1-2-16-7-9-17(10-8-16)14(19)12-5-3-4-6-13(12)15-11-18/h3-6H,2,7-10H2,1H3. The fourth-order valence-corrected chi connectivity index (χ4v) is 2.24. The Morgan fingerprint density at radius 1 is 1.26 bits per heavy atom. The number of para-hydroxylation sites is 1. The molecule has 0 saturated carbocycles. The maximum absolute atomic E-state index is 12.4. The second kappa shape index (κ2) is 6.27. The number of rotatable bonds is 3. The molecule has 0 atom stereocenters. The van der Waals surface area contributed by atoms with Crippen molar-refractivity contribution in [3.8, 4) is 0 Å². The fraction of sp³-hybridized carbons (Fsp3) is 0.429. The first-order valence-corrected chi connectivity index (χ1v) is 6.44. The van der Waals surface area contributed by atoms with Gasteiger partial charge in [0.15, 0.2) is 0 Å². The van der Waals surface area contributed by atoms with Crippen molar-refractivity contribution in [2.24, 2.45) is 4.99 Å². The zero-order valence-electron chi connectivity index (χ0n) is 11.0. The van der Waals surface area contributed by atoms with E-state index in [1.54, 1.807) is 24.3 Å². The van der Waals surface area contributed by atoms with Crippen LogP contribution in [0.15, 0.2) is 29.3 Å². The first kappa shape index (κ1) is 13.5. The molecular formula is C14H17N3O2. The Labute approximate surface area is 112 Å². The molecule has 1 amide bonds. The molecule has 0 unspecified atom stereocenters. The highest BCUT2D eigenvalue weighted by molar-refractivity contribution is 5.99. The average molecular weight is 259 g/mol. The molecule has 0 spiro atoms. The summed E-state index contributed by atoms with van der Waals surface area (Å²) in [6.07, 6.45) is 1.49. The third-order valence-electron chi connectivity index (χ3n) is 3.41. The highest BCUT2D eigenvalue weighted by atomic mass is 16.2. The van der Waals surface area contributed by atoms with Gasteiger partial charge in [-0.15, -0.1) is 0 Å². The summed E-state index contributed by atoms with van der Waals surface area (Å²) in [7, 11) is 0. The van der Waals surface area contributed by atoms with Gasteiger partial charge in [-0.2, -0.15) is 4.99 Å². The summed E-state index contributed by atoms with van der Waals surface area (Å²) in [6, 6.07) is 6.88. The van der Waals surface area contributed by atoms with Crippen molar-refractivity contribution in [3.05, 3.63) is 29.8 Å². The number of piperazine rings is 1. The van der Waals surface area contributed by atoms with Crippen LogP contribution in [0.3, 0.4) is 0 Å². The van der Waals surface area contributed by atoms with E-state index in [9.17, 15) is 9.59 Å². The van der Waals surface area contributed by atoms with Gasteiger partial charge in [0.2, 0.25) is 6.08 Å². The number of hydrogen-bond donors (Lipinski definition) is 0. The second-order valence-corrected chi connectivity index (χ2v) is 4.45. The molecular weight excluding hydrogens is 242 g/mol. The van der Waals surface area contributed by atoms with Crippen molar-refractivity contribution >= 4 is 17.7 Å². The number of isocyanates is 1. The summed E-state index contributed by atoms with van der Waals surface area (Å²) in [4.78, 5) is 30.5. The smallest absolute Gasteiger partial charge is 0.256 e. The molecule has 0 N–H and O–H groups in total. The van der Waals surface area contributed by atoms with E-state index in [0.29, 0.717) is 24.3 Å². The molecule has 1 fully saturated rings. The van der Waals surface area contributed by atoms with Crippen LogP contribution in [0.25, 0.3) is 0 Å². The molecule has 100 valence electrons. The van der Waals surface area contributed by atoms with Crippen molar-refractivity contribution in [3.63, 3.8) is 0 Å². The van der Waals surface area contributed by atoms with E-state index in [1.165, 1.54) is 6.08 Å². The van der Waals surface area contributed by atoms with Gasteiger partial charge in [-0.3, -0.25) is 4.79 Å². The summed E-state index contributed by atoms with van der Waals surface area (Å²) in [5.74, 6) is -0.0645. The van der Waals surface area contributed by atoms with Crippen LogP contribution in [0, 0.1) is 0 Å². The average Bonchev–Trinajstić information content (AvgIpc) is 2.47. The van der Waals surface area contributed by atoms with Crippen LogP contribution in [0.5, 0.6) is 0 Å². The fourth-order valence-electron chi connectivity index (χ4n) is 2.24. The summed E-state index contributed by atoms with van der Waals surface area (Å²) in [5.41, 5.74) is 0.858. The monoisotopic (exact) mass is 259 g/mol. The molecule has 0 bridgehead atoms. The lowest BCUT2D eigenvalue weighted by molar-refractivity contribution is 0.0644. The normalized spacial score (nSPS) is 15.9. The summed E-state index contributed by atoms with van der Waals surface area (Å²) < 4.78 is 0. The van der Waals surface area contributed by atoms with Gasteiger partial charge in [0.05, 0.1) is 11.3 Å². The molecule has 0 radical (unpaired) electrons. The number of hydrogen-bond acceptors (Lipinski definition) is 4. The Kier molecular flexibility index (Phi) is 4.44. The highest BCUT2D eigenvalue weighted by Crippen LogP contribution is 2.20. The predicted octanol–water partition coefficient (Wildman–Crippen LogP) is 1.43. The van der Waals surface area contributed by atoms with Crippen LogP contribution >= 0.6 is 0 Å². The van der Waals surface area contributed by atoms with Crippen LogP contribution in [0.1, 0.15) is 17.3 Å². The molecule has 1 aliphatic heterocycles. The Hall–Kier alpha value is -1.97. The van der Waals surface area contributed by atoms with Gasteiger partial charge in [0, 0.05) is 26.2 Å². The van der Waals surface area contributed by atoms with Gasteiger partial charge in [0.1, 0.15) is 0 Å². The minimum Gasteiger partial charge on any atom is -0.336 e. The quantitative estimate of drug-likeness (QED) is 0.609. The van der Waals surface area contributed by atoms with Crippen LogP contribution in [-0.2, 0) is 4.79 Å². The number of carbonyl (C=O) groups is 1. The third-order valence-corrected chi connectivity index (χ3v) is 3.41. The Balaban J connectivity index is 2.14. The Bertz CT molecular complexity index is 501. The first-order chi connectivity index (χ1) is 9.26. The number of likely N-dealkylation sites (N-methyl/N-ethyl adjacent to an activating group) is 1. The molecule has 1 saturated heterocycles. The van der Waals surface area contributed by atoms with E-state index in [4.69, 9.17) is 0 Å². The first-order valence-electron chi connectivity index (χ1n) is 6.44. The van der Waals surface area contributed by atoms with E-state index in [2.05, 4.69) is 16.8 Å². The minimum absolute atomic E-state index is 0.0645. The molecule has 0 aliphatic carbocycles. The SMILES string of the molecule is CCN1CCN(C(=O)c2ccccc2N=C=O)CC1. The third kappa shape index (κ3) is 3.08. The molecule has 2 rings (SSSR count). The van der Waals surface area contributed by atoms with Gasteiger partial charge in [-0.05, 0) is 18.7 Å². The number of amides is 1. The van der Waals surface area contributed by atoms with Crippen molar-refractivity contribution in [1.29, 1.82) is 0 Å². The largest absolute Gasteiger partial charge is 0.336 e. The Morgan fingerprint density at radius 3 is 2.58 bits per heavy atom. The topological polar surface area (TPSA) is 53.0 Å². The molecule has 1 aromatic carbocycles. The molecule has 0 aromatic heterocycles. The van der Waals surface area contributed by atoms with Gasteiger partial charge in [0.25, 0.3) is 5.91 Å². The molecule has 5 nitrogen and oxygen atoms in total. The lowest BCUT2D eigenvalue weighted by atomic mass is 10.1. The maximum Gasteiger partial charge on any atom is 0.256 e.